The summed E-state index contributed by atoms with van der Waals surface area (Å²) in [7, 11) is 0. The lowest BCUT2D eigenvalue weighted by molar-refractivity contribution is 0.472. The van der Waals surface area contributed by atoms with Gasteiger partial charge in [-0.15, -0.1) is 0 Å². The third-order valence-electron chi connectivity index (χ3n) is 11.8. The number of fused-ring (bicyclic) bond motifs is 1. The monoisotopic (exact) mass is 860 g/mol. The number of benzene rings is 6. The molecule has 0 bridgehead atoms. The van der Waals surface area contributed by atoms with E-state index in [-0.39, 0.29) is 27.8 Å². The van der Waals surface area contributed by atoms with Gasteiger partial charge in [0.25, 0.3) is 0 Å². The summed E-state index contributed by atoms with van der Waals surface area (Å²) in [5.41, 5.74) is 2.66. The molecule has 0 fully saturated rings. The summed E-state index contributed by atoms with van der Waals surface area (Å²) in [5, 5.41) is 12.0. The van der Waals surface area contributed by atoms with E-state index in [1.165, 1.54) is 5.56 Å². The van der Waals surface area contributed by atoms with Crippen molar-refractivity contribution in [3.63, 3.8) is 0 Å². The van der Waals surface area contributed by atoms with Crippen LogP contribution in [0.15, 0.2) is 133 Å². The largest absolute Gasteiger partial charge is 0.507 e. The number of hydrogen-bond acceptors (Lipinski definition) is 3. The minimum atomic E-state index is -3.92. The minimum absolute atomic E-state index is 0.0604. The molecule has 0 radical (unpaired) electrons. The van der Waals surface area contributed by atoms with Gasteiger partial charge in [-0.2, -0.15) is 0 Å². The van der Waals surface area contributed by atoms with Gasteiger partial charge in [0, 0.05) is 35.2 Å². The molecule has 0 spiro atoms. The van der Waals surface area contributed by atoms with Crippen molar-refractivity contribution in [2.45, 2.75) is 118 Å². The maximum absolute atomic E-state index is 12.0. The summed E-state index contributed by atoms with van der Waals surface area (Å²) in [5.74, 6) is 0.525. The Kier molecular flexibility index (Phi) is 7.16. The van der Waals surface area contributed by atoms with Gasteiger partial charge in [-0.05, 0) is 134 Å². The molecule has 8 aromatic rings. The maximum Gasteiger partial charge on any atom is 0.149 e. The van der Waals surface area contributed by atoms with Crippen molar-refractivity contribution in [1.82, 2.24) is 14.5 Å². The molecule has 2 heterocycles. The highest BCUT2D eigenvalue weighted by molar-refractivity contribution is 5.98. The van der Waals surface area contributed by atoms with Gasteiger partial charge < -0.3 is 5.11 Å². The Hall–Kier alpha value is -6.26. The van der Waals surface area contributed by atoms with Crippen LogP contribution in [0.1, 0.15) is 138 Å². The van der Waals surface area contributed by atoms with E-state index >= 15 is 0 Å². The Bertz CT molecular complexity index is 3730. The lowest BCUT2D eigenvalue weighted by Gasteiger charge is -2.24. The van der Waals surface area contributed by atoms with Gasteiger partial charge in [-0.3, -0.25) is 9.55 Å². The van der Waals surface area contributed by atoms with E-state index in [4.69, 9.17) is 22.8 Å². The van der Waals surface area contributed by atoms with Crippen molar-refractivity contribution in [2.75, 3.05) is 0 Å². The molecule has 4 nitrogen and oxygen atoms in total. The molecular formula is C60H65N3O. The van der Waals surface area contributed by atoms with Gasteiger partial charge in [0.2, 0.25) is 0 Å². The van der Waals surface area contributed by atoms with Crippen LogP contribution < -0.4 is 0 Å². The van der Waals surface area contributed by atoms with E-state index in [2.05, 4.69) is 93.6 Å². The second-order valence-corrected chi connectivity index (χ2v) is 20.0. The standard InChI is InChI=1S/C60H65N3O/c1-37-30-38(2)55(64)50(31-37)56-62-54-49(16-15-17-52(54)63(56)53-36-46(59(9,10)11)26-27-48(53)40-20-24-45(25-21-40)58(6,7)8)42-32-43(34-47(33-42)60(12,13)14)51-35-41(28-29-61-51)39-18-22-44(23-19-39)57(3,4)5/h15-36,64H,1-14H3/i3D3,4D3,5D3,18D,19D,22D,23D,28D,29D,35D. The van der Waals surface area contributed by atoms with Gasteiger partial charge in [0.15, 0.2) is 0 Å². The molecule has 326 valence electrons. The average molecular weight is 860 g/mol. The number of phenolic OH excluding ortho intramolecular Hbond substituents is 1. The zero-order chi connectivity index (χ0) is 59.7. The summed E-state index contributed by atoms with van der Waals surface area (Å²) in [6, 6.07) is 23.8. The second-order valence-electron chi connectivity index (χ2n) is 20.0. The average Bonchev–Trinajstić information content (AvgIpc) is 3.72. The Labute approximate surface area is 404 Å². The Morgan fingerprint density at radius 1 is 0.547 bits per heavy atom. The normalized spacial score (nSPS) is 16.8. The van der Waals surface area contributed by atoms with E-state index in [9.17, 15) is 9.22 Å². The Morgan fingerprint density at radius 2 is 1.20 bits per heavy atom. The molecule has 0 saturated heterocycles. The molecule has 0 amide bonds. The van der Waals surface area contributed by atoms with Gasteiger partial charge >= 0.3 is 0 Å². The number of pyridine rings is 1. The minimum Gasteiger partial charge on any atom is -0.507 e. The first-order chi connectivity index (χ1) is 36.6. The van der Waals surface area contributed by atoms with E-state index in [0.717, 1.165) is 33.5 Å². The van der Waals surface area contributed by atoms with Crippen molar-refractivity contribution >= 4 is 11.0 Å². The van der Waals surface area contributed by atoms with E-state index in [1.54, 1.807) is 12.1 Å². The molecular weight excluding hydrogens is 779 g/mol. The van der Waals surface area contributed by atoms with Crippen molar-refractivity contribution in [3.8, 4) is 67.5 Å². The van der Waals surface area contributed by atoms with Gasteiger partial charge in [0.1, 0.15) is 11.6 Å². The molecule has 0 aliphatic rings. The molecule has 8 rings (SSSR count). The van der Waals surface area contributed by atoms with Gasteiger partial charge in [0.05, 0.1) is 37.6 Å². The van der Waals surface area contributed by atoms with Crippen LogP contribution in [0.25, 0.3) is 72.7 Å². The molecule has 2 aromatic heterocycles. The van der Waals surface area contributed by atoms with E-state index < -0.39 is 90.5 Å². The molecule has 4 heteroatoms. The predicted octanol–water partition coefficient (Wildman–Crippen LogP) is 16.3. The Morgan fingerprint density at radius 3 is 1.86 bits per heavy atom. The lowest BCUT2D eigenvalue weighted by Crippen LogP contribution is -2.13. The van der Waals surface area contributed by atoms with Crippen LogP contribution in [0.2, 0.25) is 0 Å². The zero-order valence-corrected chi connectivity index (χ0v) is 38.4. The second kappa shape index (κ2) is 16.1. The number of hydrogen-bond donors (Lipinski definition) is 1. The van der Waals surface area contributed by atoms with Crippen LogP contribution >= 0.6 is 0 Å². The summed E-state index contributed by atoms with van der Waals surface area (Å²) in [6.07, 6.45) is -0.725. The number of rotatable bonds is 6. The van der Waals surface area contributed by atoms with Gasteiger partial charge in [-0.1, -0.05) is 168 Å². The first kappa shape index (κ1) is 28.5. The van der Waals surface area contributed by atoms with Crippen LogP contribution in [0, 0.1) is 13.8 Å². The Balaban J connectivity index is 1.44. The summed E-state index contributed by atoms with van der Waals surface area (Å²) in [4.78, 5) is 9.88. The van der Waals surface area contributed by atoms with E-state index in [1.807, 2.05) is 71.0 Å². The quantitative estimate of drug-likeness (QED) is 0.181. The molecule has 0 saturated carbocycles. The number of nitrogens with zero attached hydrogens (tertiary/aromatic N) is 3. The fourth-order valence-corrected chi connectivity index (χ4v) is 8.02. The summed E-state index contributed by atoms with van der Waals surface area (Å²) < 4.78 is 141. The van der Waals surface area contributed by atoms with Crippen molar-refractivity contribution < 1.29 is 27.0 Å². The number of aryl methyl sites for hydroxylation is 2. The number of aromatic nitrogens is 3. The number of phenols is 1. The fraction of sp³-hybridized carbons (Fsp3) is 0.300. The fourth-order valence-electron chi connectivity index (χ4n) is 8.02. The highest BCUT2D eigenvalue weighted by Gasteiger charge is 2.26. The zero-order valence-electron chi connectivity index (χ0n) is 54.4. The van der Waals surface area contributed by atoms with Crippen molar-refractivity contribution in [1.29, 1.82) is 0 Å². The summed E-state index contributed by atoms with van der Waals surface area (Å²) in [6.45, 7) is 10.9. The van der Waals surface area contributed by atoms with E-state index in [0.29, 0.717) is 39.1 Å². The van der Waals surface area contributed by atoms with Crippen LogP contribution in [-0.2, 0) is 21.7 Å². The molecule has 0 atom stereocenters. The SMILES string of the molecule is [2H]c1nc(-c2cc(-c3cccc4c3nc(-c3cc(C)cc(C)c3O)n4-c3cc(C(C)(C)C)ccc3-c3ccc(C(C)(C)C)cc3)cc(C(C)(C)C)c2)c([2H])c(-c2c([2H])c([2H])c(C(C([2H])([2H])[2H])(C([2H])([2H])[2H])C([2H])([2H])[2H])c([2H])c2[2H])c1[2H]. The highest BCUT2D eigenvalue weighted by Crippen LogP contribution is 2.44. The number of aromatic hydroxyl groups is 1. The third kappa shape index (κ3) is 8.68. The molecule has 0 unspecified atom stereocenters. The first-order valence-electron chi connectivity index (χ1n) is 29.5. The highest BCUT2D eigenvalue weighted by atomic mass is 16.3. The molecule has 64 heavy (non-hydrogen) atoms. The molecule has 0 aliphatic heterocycles. The number of para-hydroxylation sites is 1. The molecule has 6 aromatic carbocycles. The van der Waals surface area contributed by atoms with Gasteiger partial charge in [-0.25, -0.2) is 4.98 Å². The summed E-state index contributed by atoms with van der Waals surface area (Å²) >= 11 is 0. The third-order valence-corrected chi connectivity index (χ3v) is 11.8. The van der Waals surface area contributed by atoms with Crippen molar-refractivity contribution in [2.24, 2.45) is 0 Å². The van der Waals surface area contributed by atoms with Crippen LogP contribution in [0.5, 0.6) is 5.75 Å². The number of imidazole rings is 1. The lowest BCUT2D eigenvalue weighted by atomic mass is 9.83. The van der Waals surface area contributed by atoms with Crippen LogP contribution in [-0.4, -0.2) is 19.6 Å². The topological polar surface area (TPSA) is 50.9 Å². The molecule has 1 N–H and O–H groups in total. The van der Waals surface area contributed by atoms with Crippen LogP contribution in [0.3, 0.4) is 0 Å². The predicted molar refractivity (Wildman–Crippen MR) is 272 cm³/mol. The van der Waals surface area contributed by atoms with Crippen LogP contribution in [0.4, 0.5) is 0 Å². The first-order valence-corrected chi connectivity index (χ1v) is 21.5. The van der Waals surface area contributed by atoms with Crippen molar-refractivity contribution in [3.05, 3.63) is 167 Å². The molecule has 0 aliphatic carbocycles. The maximum atomic E-state index is 12.0. The smallest absolute Gasteiger partial charge is 0.149 e.